The molecule has 4 aliphatic rings. The highest BCUT2D eigenvalue weighted by molar-refractivity contribution is 5.82. The molecule has 7 atom stereocenters. The second kappa shape index (κ2) is 4.09. The van der Waals surface area contributed by atoms with Crippen molar-refractivity contribution in [2.45, 2.75) is 71.3 Å². The SMILES string of the molecule is C[C@]12CC(=O)CC1CCC1C2CC[C@@]2(C)C1CC[C@H]2O. The van der Waals surface area contributed by atoms with Gasteiger partial charge in [-0.2, -0.15) is 0 Å². The molecular weight excluding hydrogens is 248 g/mol. The Balaban J connectivity index is 1.67. The van der Waals surface area contributed by atoms with Gasteiger partial charge in [0.1, 0.15) is 5.78 Å². The van der Waals surface area contributed by atoms with E-state index in [1.54, 1.807) is 0 Å². The van der Waals surface area contributed by atoms with E-state index in [1.807, 2.05) is 0 Å². The van der Waals surface area contributed by atoms with Crippen LogP contribution in [0.15, 0.2) is 0 Å². The topological polar surface area (TPSA) is 37.3 Å². The van der Waals surface area contributed by atoms with Crippen LogP contribution in [0.2, 0.25) is 0 Å². The third-order valence-corrected chi connectivity index (χ3v) is 8.07. The summed E-state index contributed by atoms with van der Waals surface area (Å²) in [7, 11) is 0. The van der Waals surface area contributed by atoms with Gasteiger partial charge in [-0.1, -0.05) is 13.8 Å². The van der Waals surface area contributed by atoms with E-state index in [2.05, 4.69) is 13.8 Å². The predicted molar refractivity (Wildman–Crippen MR) is 78.1 cm³/mol. The van der Waals surface area contributed by atoms with Crippen LogP contribution in [0.5, 0.6) is 0 Å². The van der Waals surface area contributed by atoms with Crippen molar-refractivity contribution in [1.82, 2.24) is 0 Å². The van der Waals surface area contributed by atoms with Gasteiger partial charge in [0.2, 0.25) is 0 Å². The van der Waals surface area contributed by atoms with Crippen molar-refractivity contribution < 1.29 is 9.90 Å². The van der Waals surface area contributed by atoms with Crippen molar-refractivity contribution in [1.29, 1.82) is 0 Å². The van der Waals surface area contributed by atoms with E-state index in [-0.39, 0.29) is 16.9 Å². The fourth-order valence-corrected chi connectivity index (χ4v) is 6.89. The summed E-state index contributed by atoms with van der Waals surface area (Å²) in [6.07, 6.45) is 8.82. The first kappa shape index (κ1) is 13.3. The van der Waals surface area contributed by atoms with Crippen LogP contribution in [0.25, 0.3) is 0 Å². The van der Waals surface area contributed by atoms with Crippen LogP contribution >= 0.6 is 0 Å². The van der Waals surface area contributed by atoms with Crippen molar-refractivity contribution in [2.75, 3.05) is 0 Å². The van der Waals surface area contributed by atoms with Gasteiger partial charge in [0.15, 0.2) is 0 Å². The number of Topliss-reactive ketones (excluding diaryl/α,β-unsaturated/α-hetero) is 1. The van der Waals surface area contributed by atoms with Crippen molar-refractivity contribution in [3.63, 3.8) is 0 Å². The van der Waals surface area contributed by atoms with Crippen LogP contribution in [-0.2, 0) is 4.79 Å². The molecule has 0 aliphatic heterocycles. The maximum absolute atomic E-state index is 12.0. The number of fused-ring (bicyclic) bond motifs is 5. The molecule has 1 N–H and O–H groups in total. The highest BCUT2D eigenvalue weighted by Gasteiger charge is 2.61. The highest BCUT2D eigenvalue weighted by atomic mass is 16.3. The molecule has 0 aromatic rings. The number of ketones is 1. The normalized spacial score (nSPS) is 58.1. The monoisotopic (exact) mass is 276 g/mol. The lowest BCUT2D eigenvalue weighted by atomic mass is 9.48. The second-order valence-corrected chi connectivity index (χ2v) is 8.71. The van der Waals surface area contributed by atoms with Gasteiger partial charge in [-0.25, -0.2) is 0 Å². The standard InChI is InChI=1S/C18H28O2/c1-17-8-7-15-13(14(17)5-6-16(17)20)4-3-11-9-12(19)10-18(11,15)2/h11,13-16,20H,3-10H2,1-2H3/t11?,13?,14?,15?,16-,17+,18+/m1/s1. The highest BCUT2D eigenvalue weighted by Crippen LogP contribution is 2.66. The van der Waals surface area contributed by atoms with Crippen molar-refractivity contribution in [2.24, 2.45) is 34.5 Å². The molecule has 0 radical (unpaired) electrons. The molecule has 0 amide bonds. The van der Waals surface area contributed by atoms with E-state index < -0.39 is 0 Å². The number of rotatable bonds is 0. The van der Waals surface area contributed by atoms with E-state index in [0.717, 1.165) is 31.1 Å². The lowest BCUT2D eigenvalue weighted by molar-refractivity contribution is -0.119. The molecule has 4 aliphatic carbocycles. The smallest absolute Gasteiger partial charge is 0.133 e. The molecule has 2 nitrogen and oxygen atoms in total. The van der Waals surface area contributed by atoms with Gasteiger partial charge < -0.3 is 5.11 Å². The molecule has 112 valence electrons. The zero-order valence-corrected chi connectivity index (χ0v) is 12.9. The Hall–Kier alpha value is -0.370. The zero-order chi connectivity index (χ0) is 14.1. The van der Waals surface area contributed by atoms with Crippen molar-refractivity contribution >= 4 is 5.78 Å². The number of hydrogen-bond donors (Lipinski definition) is 1. The summed E-state index contributed by atoms with van der Waals surface area (Å²) in [6, 6.07) is 0. The molecule has 0 aromatic carbocycles. The van der Waals surface area contributed by atoms with Crippen LogP contribution in [0.3, 0.4) is 0 Å². The number of carbonyl (C=O) groups excluding carboxylic acids is 1. The van der Waals surface area contributed by atoms with Gasteiger partial charge in [0.25, 0.3) is 0 Å². The molecule has 4 saturated carbocycles. The van der Waals surface area contributed by atoms with Crippen LogP contribution in [0.1, 0.15) is 65.2 Å². The summed E-state index contributed by atoms with van der Waals surface area (Å²) in [5, 5.41) is 10.4. The predicted octanol–water partition coefficient (Wildman–Crippen LogP) is 3.57. The lowest BCUT2D eigenvalue weighted by Crippen LogP contribution is -2.51. The molecule has 4 unspecified atom stereocenters. The molecule has 20 heavy (non-hydrogen) atoms. The van der Waals surface area contributed by atoms with Crippen molar-refractivity contribution in [3.8, 4) is 0 Å². The zero-order valence-electron chi connectivity index (χ0n) is 12.9. The van der Waals surface area contributed by atoms with Gasteiger partial charge in [-0.3, -0.25) is 4.79 Å². The minimum absolute atomic E-state index is 0.0795. The number of aliphatic hydroxyl groups excluding tert-OH is 1. The third-order valence-electron chi connectivity index (χ3n) is 8.07. The van der Waals surface area contributed by atoms with Crippen LogP contribution < -0.4 is 0 Å². The van der Waals surface area contributed by atoms with Gasteiger partial charge >= 0.3 is 0 Å². The average Bonchev–Trinajstić information content (AvgIpc) is 2.86. The summed E-state index contributed by atoms with van der Waals surface area (Å²) in [4.78, 5) is 12.0. The quantitative estimate of drug-likeness (QED) is 0.734. The second-order valence-electron chi connectivity index (χ2n) is 8.71. The Morgan fingerprint density at radius 2 is 1.75 bits per heavy atom. The largest absolute Gasteiger partial charge is 0.393 e. The van der Waals surface area contributed by atoms with Gasteiger partial charge in [-0.15, -0.1) is 0 Å². The summed E-state index contributed by atoms with van der Waals surface area (Å²) >= 11 is 0. The van der Waals surface area contributed by atoms with Crippen molar-refractivity contribution in [3.05, 3.63) is 0 Å². The maximum atomic E-state index is 12.0. The van der Waals surface area contributed by atoms with Crippen LogP contribution in [-0.4, -0.2) is 17.0 Å². The van der Waals surface area contributed by atoms with E-state index in [1.165, 1.54) is 32.1 Å². The number of hydrogen-bond acceptors (Lipinski definition) is 2. The molecule has 0 aromatic heterocycles. The number of aliphatic hydroxyl groups is 1. The molecule has 2 heteroatoms. The number of carbonyl (C=O) groups is 1. The molecular formula is C18H28O2. The van der Waals surface area contributed by atoms with E-state index in [4.69, 9.17) is 0 Å². The minimum Gasteiger partial charge on any atom is -0.393 e. The fraction of sp³-hybridized carbons (Fsp3) is 0.944. The Bertz CT molecular complexity index is 445. The molecule has 0 spiro atoms. The molecule has 0 bridgehead atoms. The third kappa shape index (κ3) is 1.52. The van der Waals surface area contributed by atoms with Crippen LogP contribution in [0, 0.1) is 34.5 Å². The summed E-state index contributed by atoms with van der Waals surface area (Å²) in [5.41, 5.74) is 0.460. The van der Waals surface area contributed by atoms with Gasteiger partial charge in [-0.05, 0) is 73.0 Å². The van der Waals surface area contributed by atoms with E-state index >= 15 is 0 Å². The Morgan fingerprint density at radius 3 is 2.55 bits per heavy atom. The van der Waals surface area contributed by atoms with Crippen LogP contribution in [0.4, 0.5) is 0 Å². The first-order valence-corrected chi connectivity index (χ1v) is 8.65. The molecule has 0 heterocycles. The van der Waals surface area contributed by atoms with E-state index in [0.29, 0.717) is 17.6 Å². The summed E-state index contributed by atoms with van der Waals surface area (Å²) < 4.78 is 0. The molecule has 4 fully saturated rings. The van der Waals surface area contributed by atoms with E-state index in [9.17, 15) is 9.90 Å². The Labute approximate surface area is 122 Å². The summed E-state index contributed by atoms with van der Waals surface area (Å²) in [6.45, 7) is 4.74. The fourth-order valence-electron chi connectivity index (χ4n) is 6.89. The average molecular weight is 276 g/mol. The Kier molecular flexibility index (Phi) is 2.72. The van der Waals surface area contributed by atoms with Gasteiger partial charge in [0, 0.05) is 12.8 Å². The Morgan fingerprint density at radius 1 is 1.00 bits per heavy atom. The lowest BCUT2D eigenvalue weighted by Gasteiger charge is -2.56. The summed E-state index contributed by atoms with van der Waals surface area (Å²) in [5.74, 6) is 3.41. The molecule has 4 rings (SSSR count). The first-order valence-electron chi connectivity index (χ1n) is 8.65. The molecule has 0 saturated heterocycles. The first-order chi connectivity index (χ1) is 9.45. The minimum atomic E-state index is -0.0795. The van der Waals surface area contributed by atoms with Gasteiger partial charge in [0.05, 0.1) is 6.10 Å². The maximum Gasteiger partial charge on any atom is 0.133 e.